The molecule has 2 aromatic rings. The van der Waals surface area contributed by atoms with Gasteiger partial charge < -0.3 is 9.15 Å². The van der Waals surface area contributed by atoms with Crippen LogP contribution in [0, 0.1) is 6.92 Å². The Bertz CT molecular complexity index is 809. The van der Waals surface area contributed by atoms with E-state index >= 15 is 0 Å². The highest BCUT2D eigenvalue weighted by atomic mass is 79.9. The Labute approximate surface area is 132 Å². The van der Waals surface area contributed by atoms with Crippen molar-refractivity contribution in [2.45, 2.75) is 26.9 Å². The second kappa shape index (κ2) is 4.63. The van der Waals surface area contributed by atoms with E-state index in [9.17, 15) is 0 Å². The molecule has 1 aromatic heterocycles. The Morgan fingerprint density at radius 3 is 2.81 bits per heavy atom. The molecular formula is C18H15BrO2. The Kier molecular flexibility index (Phi) is 2.86. The first-order chi connectivity index (χ1) is 10.1. The van der Waals surface area contributed by atoms with Crippen LogP contribution in [0.15, 0.2) is 45.0 Å². The second-order valence-corrected chi connectivity index (χ2v) is 6.50. The van der Waals surface area contributed by atoms with E-state index in [-0.39, 0.29) is 0 Å². The number of hydrogen-bond acceptors (Lipinski definition) is 2. The van der Waals surface area contributed by atoms with E-state index in [2.05, 4.69) is 53.2 Å². The SMILES string of the molecule is CC1=CCC2=C(c3ccc(Br)cc3CO2)c2oc(C)cc21. The normalized spacial score (nSPS) is 16.4. The lowest BCUT2D eigenvalue weighted by Crippen LogP contribution is -2.08. The van der Waals surface area contributed by atoms with Crippen LogP contribution >= 0.6 is 15.9 Å². The van der Waals surface area contributed by atoms with E-state index in [1.54, 1.807) is 0 Å². The van der Waals surface area contributed by atoms with Crippen molar-refractivity contribution in [3.05, 3.63) is 68.8 Å². The molecule has 1 aromatic carbocycles. The lowest BCUT2D eigenvalue weighted by atomic mass is 9.93. The molecule has 1 aliphatic heterocycles. The molecule has 0 unspecified atom stereocenters. The van der Waals surface area contributed by atoms with Crippen LogP contribution in [0.3, 0.4) is 0 Å². The molecule has 2 heterocycles. The van der Waals surface area contributed by atoms with Crippen molar-refractivity contribution in [2.24, 2.45) is 0 Å². The fourth-order valence-corrected chi connectivity index (χ4v) is 3.48. The van der Waals surface area contributed by atoms with Gasteiger partial charge in [0.05, 0.1) is 5.57 Å². The molecule has 0 amide bonds. The zero-order valence-electron chi connectivity index (χ0n) is 12.0. The summed E-state index contributed by atoms with van der Waals surface area (Å²) in [5.74, 6) is 2.89. The van der Waals surface area contributed by atoms with Crippen molar-refractivity contribution >= 4 is 27.1 Å². The smallest absolute Gasteiger partial charge is 0.145 e. The van der Waals surface area contributed by atoms with E-state index in [0.717, 1.165) is 33.7 Å². The monoisotopic (exact) mass is 342 g/mol. The van der Waals surface area contributed by atoms with Crippen LogP contribution in [0.5, 0.6) is 0 Å². The van der Waals surface area contributed by atoms with E-state index in [0.29, 0.717) is 6.61 Å². The Hall–Kier alpha value is -1.74. The van der Waals surface area contributed by atoms with Crippen molar-refractivity contribution in [1.82, 2.24) is 0 Å². The third kappa shape index (κ3) is 1.99. The fraction of sp³-hybridized carbons (Fsp3) is 0.222. The predicted molar refractivity (Wildman–Crippen MR) is 86.7 cm³/mol. The molecule has 0 fully saturated rings. The lowest BCUT2D eigenvalue weighted by Gasteiger charge is -2.22. The maximum Gasteiger partial charge on any atom is 0.145 e. The van der Waals surface area contributed by atoms with E-state index in [1.807, 2.05) is 6.92 Å². The van der Waals surface area contributed by atoms with Crippen molar-refractivity contribution < 1.29 is 9.15 Å². The number of furan rings is 1. The zero-order valence-corrected chi connectivity index (χ0v) is 13.6. The summed E-state index contributed by atoms with van der Waals surface area (Å²) in [6.45, 7) is 4.75. The van der Waals surface area contributed by atoms with Gasteiger partial charge in [-0.25, -0.2) is 0 Å². The van der Waals surface area contributed by atoms with Gasteiger partial charge in [-0.15, -0.1) is 0 Å². The van der Waals surface area contributed by atoms with Gasteiger partial charge >= 0.3 is 0 Å². The Morgan fingerprint density at radius 1 is 1.10 bits per heavy atom. The molecule has 0 N–H and O–H groups in total. The summed E-state index contributed by atoms with van der Waals surface area (Å²) < 4.78 is 13.1. The van der Waals surface area contributed by atoms with E-state index < -0.39 is 0 Å². The van der Waals surface area contributed by atoms with Gasteiger partial charge in [-0.2, -0.15) is 0 Å². The van der Waals surface area contributed by atoms with Crippen LogP contribution in [0.1, 0.15) is 41.6 Å². The number of hydrogen-bond donors (Lipinski definition) is 0. The van der Waals surface area contributed by atoms with Crippen molar-refractivity contribution in [3.8, 4) is 0 Å². The maximum atomic E-state index is 6.02. The van der Waals surface area contributed by atoms with Gasteiger partial charge in [-0.05, 0) is 48.7 Å². The average Bonchev–Trinajstić information content (AvgIpc) is 2.80. The predicted octanol–water partition coefficient (Wildman–Crippen LogP) is 5.45. The first kappa shape index (κ1) is 13.0. The third-order valence-corrected chi connectivity index (χ3v) is 4.61. The third-order valence-electron chi connectivity index (χ3n) is 4.12. The number of halogens is 1. The van der Waals surface area contributed by atoms with E-state index in [4.69, 9.17) is 9.15 Å². The zero-order chi connectivity index (χ0) is 14.6. The Balaban J connectivity index is 2.01. The first-order valence-corrected chi connectivity index (χ1v) is 7.85. The van der Waals surface area contributed by atoms with Crippen molar-refractivity contribution in [1.29, 1.82) is 0 Å². The largest absolute Gasteiger partial charge is 0.492 e. The molecule has 0 saturated carbocycles. The molecule has 4 rings (SSSR count). The minimum atomic E-state index is 0.621. The van der Waals surface area contributed by atoms with Gasteiger partial charge in [0.1, 0.15) is 23.9 Å². The number of aryl methyl sites for hydroxylation is 1. The van der Waals surface area contributed by atoms with Crippen molar-refractivity contribution in [2.75, 3.05) is 0 Å². The lowest BCUT2D eigenvalue weighted by molar-refractivity contribution is 0.190. The van der Waals surface area contributed by atoms with E-state index in [1.165, 1.54) is 22.3 Å². The Morgan fingerprint density at radius 2 is 1.95 bits per heavy atom. The first-order valence-electron chi connectivity index (χ1n) is 7.06. The summed E-state index contributed by atoms with van der Waals surface area (Å²) in [6.07, 6.45) is 3.04. The van der Waals surface area contributed by atoms with Crippen LogP contribution in [0.4, 0.5) is 0 Å². The molecule has 1 aliphatic carbocycles. The fourth-order valence-electron chi connectivity index (χ4n) is 3.07. The summed E-state index contributed by atoms with van der Waals surface area (Å²) in [5, 5.41) is 0. The molecule has 106 valence electrons. The van der Waals surface area contributed by atoms with Gasteiger partial charge in [0.25, 0.3) is 0 Å². The van der Waals surface area contributed by atoms with Crippen LogP contribution in [0.2, 0.25) is 0 Å². The molecule has 0 spiro atoms. The number of benzene rings is 1. The van der Waals surface area contributed by atoms with Gasteiger partial charge in [-0.1, -0.05) is 28.1 Å². The van der Waals surface area contributed by atoms with Crippen LogP contribution in [-0.2, 0) is 11.3 Å². The highest BCUT2D eigenvalue weighted by molar-refractivity contribution is 9.10. The van der Waals surface area contributed by atoms with Crippen LogP contribution in [-0.4, -0.2) is 0 Å². The summed E-state index contributed by atoms with van der Waals surface area (Å²) in [6, 6.07) is 8.47. The number of allylic oxidation sites excluding steroid dienone is 2. The summed E-state index contributed by atoms with van der Waals surface area (Å²) in [5.41, 5.74) is 5.95. The number of fused-ring (bicyclic) bond motifs is 4. The van der Waals surface area contributed by atoms with Crippen molar-refractivity contribution in [3.63, 3.8) is 0 Å². The number of ether oxygens (including phenoxy) is 1. The maximum absolute atomic E-state index is 6.02. The van der Waals surface area contributed by atoms with Crippen LogP contribution < -0.4 is 0 Å². The molecule has 0 atom stereocenters. The molecule has 2 nitrogen and oxygen atoms in total. The minimum absolute atomic E-state index is 0.621. The molecular weight excluding hydrogens is 328 g/mol. The van der Waals surface area contributed by atoms with Gasteiger partial charge in [0.2, 0.25) is 0 Å². The van der Waals surface area contributed by atoms with Gasteiger partial charge in [0.15, 0.2) is 0 Å². The topological polar surface area (TPSA) is 22.4 Å². The summed E-state index contributed by atoms with van der Waals surface area (Å²) >= 11 is 3.53. The highest BCUT2D eigenvalue weighted by Gasteiger charge is 2.28. The second-order valence-electron chi connectivity index (χ2n) is 5.58. The molecule has 2 aliphatic rings. The highest BCUT2D eigenvalue weighted by Crippen LogP contribution is 2.43. The molecule has 21 heavy (non-hydrogen) atoms. The molecule has 0 bridgehead atoms. The molecule has 0 radical (unpaired) electrons. The molecule has 3 heteroatoms. The summed E-state index contributed by atoms with van der Waals surface area (Å²) in [7, 11) is 0. The van der Waals surface area contributed by atoms with Gasteiger partial charge in [-0.3, -0.25) is 0 Å². The minimum Gasteiger partial charge on any atom is -0.492 e. The van der Waals surface area contributed by atoms with Gasteiger partial charge in [0, 0.05) is 16.5 Å². The van der Waals surface area contributed by atoms with Crippen LogP contribution in [0.25, 0.3) is 11.1 Å². The quantitative estimate of drug-likeness (QED) is 0.635. The number of rotatable bonds is 0. The molecule has 0 saturated heterocycles. The standard InChI is InChI=1S/C18H15BrO2/c1-10-3-6-16-17(18-15(10)7-11(2)21-18)14-5-4-13(19)8-12(14)9-20-16/h3-5,7-8H,6,9H2,1-2H3. The average molecular weight is 343 g/mol. The summed E-state index contributed by atoms with van der Waals surface area (Å²) in [4.78, 5) is 0.